The number of hydrogen-bond acceptors (Lipinski definition) is 2. The van der Waals surface area contributed by atoms with Crippen LogP contribution in [-0.2, 0) is 0 Å². The van der Waals surface area contributed by atoms with E-state index in [-0.39, 0.29) is 18.1 Å². The van der Waals surface area contributed by atoms with Gasteiger partial charge in [-0.05, 0) is 13.3 Å². The molecule has 0 bridgehead atoms. The van der Waals surface area contributed by atoms with Gasteiger partial charge in [0.15, 0.2) is 0 Å². The maximum absolute atomic E-state index is 10.8. The lowest BCUT2D eigenvalue weighted by atomic mass is 10.1. The zero-order valence-corrected chi connectivity index (χ0v) is 7.35. The van der Waals surface area contributed by atoms with E-state index in [2.05, 4.69) is 10.6 Å². The number of rotatable bonds is 3. The van der Waals surface area contributed by atoms with Gasteiger partial charge in [0, 0.05) is 19.1 Å². The molecule has 0 heterocycles. The van der Waals surface area contributed by atoms with E-state index >= 15 is 0 Å². The highest BCUT2D eigenvalue weighted by molar-refractivity contribution is 5.73. The summed E-state index contributed by atoms with van der Waals surface area (Å²) in [5.41, 5.74) is 5.68. The number of amides is 2. The molecule has 0 rings (SSSR count). The zero-order chi connectivity index (χ0) is 8.85. The molecule has 0 aliphatic rings. The van der Waals surface area contributed by atoms with Gasteiger partial charge in [-0.2, -0.15) is 0 Å². The van der Waals surface area contributed by atoms with Gasteiger partial charge < -0.3 is 16.4 Å². The van der Waals surface area contributed by atoms with Crippen LogP contribution in [0.15, 0.2) is 0 Å². The molecular formula is C7H17N3O. The van der Waals surface area contributed by atoms with Crippen LogP contribution in [0.2, 0.25) is 0 Å². The molecule has 0 saturated heterocycles. The van der Waals surface area contributed by atoms with Crippen LogP contribution in [0.5, 0.6) is 0 Å². The quantitative estimate of drug-likeness (QED) is 0.544. The highest BCUT2D eigenvalue weighted by Crippen LogP contribution is 1.93. The Bertz CT molecular complexity index is 127. The SMILES string of the molecule is CCC(N)C(C)NC(=O)NC. The number of carbonyl (C=O) groups excluding carboxylic acids is 1. The minimum Gasteiger partial charge on any atom is -0.341 e. The summed E-state index contributed by atoms with van der Waals surface area (Å²) in [5, 5.41) is 5.17. The number of hydrogen-bond donors (Lipinski definition) is 3. The summed E-state index contributed by atoms with van der Waals surface area (Å²) in [6.07, 6.45) is 0.866. The molecule has 0 fully saturated rings. The van der Waals surface area contributed by atoms with Crippen LogP contribution in [0, 0.1) is 0 Å². The van der Waals surface area contributed by atoms with E-state index in [1.165, 1.54) is 0 Å². The van der Waals surface area contributed by atoms with E-state index in [4.69, 9.17) is 5.73 Å². The van der Waals surface area contributed by atoms with Gasteiger partial charge in [-0.15, -0.1) is 0 Å². The summed E-state index contributed by atoms with van der Waals surface area (Å²) in [5.74, 6) is 0. The maximum atomic E-state index is 10.8. The first-order valence-electron chi connectivity index (χ1n) is 3.85. The van der Waals surface area contributed by atoms with Gasteiger partial charge in [-0.3, -0.25) is 0 Å². The summed E-state index contributed by atoms with van der Waals surface area (Å²) in [6, 6.07) is -0.117. The predicted molar refractivity (Wildman–Crippen MR) is 45.3 cm³/mol. The maximum Gasteiger partial charge on any atom is 0.314 e. The first-order valence-corrected chi connectivity index (χ1v) is 3.85. The molecule has 0 aromatic carbocycles. The van der Waals surface area contributed by atoms with Crippen LogP contribution < -0.4 is 16.4 Å². The molecule has 2 unspecified atom stereocenters. The molecule has 4 N–H and O–H groups in total. The van der Waals surface area contributed by atoms with Crippen LogP contribution in [0.3, 0.4) is 0 Å². The molecule has 0 radical (unpaired) electrons. The van der Waals surface area contributed by atoms with Crippen molar-refractivity contribution in [3.63, 3.8) is 0 Å². The van der Waals surface area contributed by atoms with Crippen molar-refractivity contribution >= 4 is 6.03 Å². The Labute approximate surface area is 67.5 Å². The van der Waals surface area contributed by atoms with Gasteiger partial charge in [0.1, 0.15) is 0 Å². The van der Waals surface area contributed by atoms with E-state index in [0.29, 0.717) is 0 Å². The van der Waals surface area contributed by atoms with E-state index in [1.807, 2.05) is 13.8 Å². The molecule has 4 heteroatoms. The second-order valence-corrected chi connectivity index (χ2v) is 2.58. The van der Waals surface area contributed by atoms with Gasteiger partial charge in [-0.25, -0.2) is 4.79 Å². The van der Waals surface area contributed by atoms with Crippen molar-refractivity contribution in [2.75, 3.05) is 7.05 Å². The van der Waals surface area contributed by atoms with Crippen molar-refractivity contribution in [1.82, 2.24) is 10.6 Å². The third-order valence-electron chi connectivity index (χ3n) is 1.70. The Morgan fingerprint density at radius 1 is 1.64 bits per heavy atom. The molecule has 2 atom stereocenters. The van der Waals surface area contributed by atoms with Crippen molar-refractivity contribution < 1.29 is 4.79 Å². The Morgan fingerprint density at radius 3 is 2.55 bits per heavy atom. The highest BCUT2D eigenvalue weighted by Gasteiger charge is 2.11. The van der Waals surface area contributed by atoms with Gasteiger partial charge in [0.05, 0.1) is 0 Å². The van der Waals surface area contributed by atoms with Gasteiger partial charge in [0.2, 0.25) is 0 Å². The summed E-state index contributed by atoms with van der Waals surface area (Å²) in [6.45, 7) is 3.89. The first-order chi connectivity index (χ1) is 5.11. The number of carbonyl (C=O) groups is 1. The van der Waals surface area contributed by atoms with E-state index in [9.17, 15) is 4.79 Å². The Balaban J connectivity index is 3.67. The van der Waals surface area contributed by atoms with Gasteiger partial charge in [0.25, 0.3) is 0 Å². The Kier molecular flexibility index (Phi) is 4.61. The molecule has 0 saturated carbocycles. The minimum absolute atomic E-state index is 0.0277. The molecule has 0 aromatic heterocycles. The topological polar surface area (TPSA) is 67.1 Å². The number of nitrogens with two attached hydrogens (primary N) is 1. The second kappa shape index (κ2) is 4.96. The fraction of sp³-hybridized carbons (Fsp3) is 0.857. The van der Waals surface area contributed by atoms with E-state index in [0.717, 1.165) is 6.42 Å². The fourth-order valence-corrected chi connectivity index (χ4v) is 0.740. The minimum atomic E-state index is -0.179. The van der Waals surface area contributed by atoms with E-state index < -0.39 is 0 Å². The smallest absolute Gasteiger partial charge is 0.314 e. The predicted octanol–water partition coefficient (Wildman–Crippen LogP) is 0.0412. The van der Waals surface area contributed by atoms with Crippen LogP contribution in [0.25, 0.3) is 0 Å². The standard InChI is InChI=1S/C7H17N3O/c1-4-6(8)5(2)10-7(11)9-3/h5-6H,4,8H2,1-3H3,(H2,9,10,11). The summed E-state index contributed by atoms with van der Waals surface area (Å²) in [4.78, 5) is 10.8. The summed E-state index contributed by atoms with van der Waals surface area (Å²) >= 11 is 0. The molecule has 66 valence electrons. The van der Waals surface area contributed by atoms with Crippen LogP contribution in [0.4, 0.5) is 4.79 Å². The average molecular weight is 159 g/mol. The lowest BCUT2D eigenvalue weighted by molar-refractivity contribution is 0.237. The Hall–Kier alpha value is -0.770. The lowest BCUT2D eigenvalue weighted by Gasteiger charge is -2.19. The Morgan fingerprint density at radius 2 is 2.18 bits per heavy atom. The second-order valence-electron chi connectivity index (χ2n) is 2.58. The third-order valence-corrected chi connectivity index (χ3v) is 1.70. The fourth-order valence-electron chi connectivity index (χ4n) is 0.740. The highest BCUT2D eigenvalue weighted by atomic mass is 16.2. The van der Waals surface area contributed by atoms with Crippen molar-refractivity contribution in [2.45, 2.75) is 32.4 Å². The monoisotopic (exact) mass is 159 g/mol. The average Bonchev–Trinajstić information content (AvgIpc) is 2.02. The van der Waals surface area contributed by atoms with E-state index in [1.54, 1.807) is 7.05 Å². The van der Waals surface area contributed by atoms with Crippen molar-refractivity contribution in [3.05, 3.63) is 0 Å². The summed E-state index contributed by atoms with van der Waals surface area (Å²) in [7, 11) is 1.58. The van der Waals surface area contributed by atoms with Crippen molar-refractivity contribution in [3.8, 4) is 0 Å². The molecule has 0 aliphatic heterocycles. The van der Waals surface area contributed by atoms with Crippen molar-refractivity contribution in [2.24, 2.45) is 5.73 Å². The van der Waals surface area contributed by atoms with Crippen LogP contribution >= 0.6 is 0 Å². The van der Waals surface area contributed by atoms with Crippen LogP contribution in [-0.4, -0.2) is 25.2 Å². The normalized spacial score (nSPS) is 15.3. The number of urea groups is 1. The molecule has 0 aromatic rings. The first kappa shape index (κ1) is 10.2. The molecule has 0 aliphatic carbocycles. The molecule has 4 nitrogen and oxygen atoms in total. The molecular weight excluding hydrogens is 142 g/mol. The molecule has 0 spiro atoms. The number of nitrogens with one attached hydrogen (secondary N) is 2. The van der Waals surface area contributed by atoms with Crippen LogP contribution in [0.1, 0.15) is 20.3 Å². The van der Waals surface area contributed by atoms with Gasteiger partial charge >= 0.3 is 6.03 Å². The molecule has 11 heavy (non-hydrogen) atoms. The summed E-state index contributed by atoms with van der Waals surface area (Å²) < 4.78 is 0. The molecule has 2 amide bonds. The lowest BCUT2D eigenvalue weighted by Crippen LogP contribution is -2.48. The zero-order valence-electron chi connectivity index (χ0n) is 7.35. The van der Waals surface area contributed by atoms with Crippen molar-refractivity contribution in [1.29, 1.82) is 0 Å². The third kappa shape index (κ3) is 3.83. The largest absolute Gasteiger partial charge is 0.341 e. The van der Waals surface area contributed by atoms with Gasteiger partial charge in [-0.1, -0.05) is 6.92 Å².